The molecule has 1 aliphatic carbocycles. The van der Waals surface area contributed by atoms with Crippen molar-refractivity contribution in [1.29, 1.82) is 0 Å². The molecule has 1 heteroatoms. The first-order valence-electron chi connectivity index (χ1n) is 6.87. The van der Waals surface area contributed by atoms with E-state index in [1.807, 2.05) is 7.05 Å². The normalized spacial score (nSPS) is 17.6. The fraction of sp³-hybridized carbons (Fsp3) is 0.529. The van der Waals surface area contributed by atoms with Gasteiger partial charge in [-0.1, -0.05) is 24.3 Å². The van der Waals surface area contributed by atoms with Crippen molar-refractivity contribution in [2.75, 3.05) is 13.6 Å². The maximum Gasteiger partial charge on any atom is 0.0202 e. The molecule has 0 heterocycles. The quantitative estimate of drug-likeness (QED) is 0.701. The lowest BCUT2D eigenvalue weighted by molar-refractivity contribution is 0.676. The number of hydrogen-bond donors (Lipinski definition) is 1. The van der Waals surface area contributed by atoms with Crippen LogP contribution >= 0.6 is 0 Å². The number of allylic oxidation sites excluding steroid dienone is 4. The summed E-state index contributed by atoms with van der Waals surface area (Å²) in [5.41, 5.74) is 8.01. The third-order valence-electron chi connectivity index (χ3n) is 3.74. The lowest BCUT2D eigenvalue weighted by atomic mass is 9.84. The molecule has 0 atom stereocenters. The maximum atomic E-state index is 4.20. The summed E-state index contributed by atoms with van der Waals surface area (Å²) >= 11 is 0. The molecule has 1 aliphatic rings. The molecule has 100 valence electrons. The van der Waals surface area contributed by atoms with E-state index in [-0.39, 0.29) is 0 Å². The summed E-state index contributed by atoms with van der Waals surface area (Å²) in [4.78, 5) is 0. The molecule has 0 bridgehead atoms. The predicted molar refractivity (Wildman–Crippen MR) is 81.7 cm³/mol. The highest BCUT2D eigenvalue weighted by Crippen LogP contribution is 2.34. The highest BCUT2D eigenvalue weighted by molar-refractivity contribution is 5.53. The van der Waals surface area contributed by atoms with Crippen molar-refractivity contribution < 1.29 is 0 Å². The van der Waals surface area contributed by atoms with Gasteiger partial charge in [0.25, 0.3) is 0 Å². The zero-order chi connectivity index (χ0) is 13.7. The van der Waals surface area contributed by atoms with Crippen LogP contribution in [0.2, 0.25) is 0 Å². The van der Waals surface area contributed by atoms with Gasteiger partial charge in [0.2, 0.25) is 0 Å². The van der Waals surface area contributed by atoms with Crippen molar-refractivity contribution in [2.45, 2.75) is 46.5 Å². The maximum absolute atomic E-state index is 4.20. The van der Waals surface area contributed by atoms with Crippen LogP contribution in [0.1, 0.15) is 46.5 Å². The standard InChI is InChI=1S/C17H27N/c1-12(2)17(14(4)11-18-6)15(5)16-10-8-7-9-13(16)3/h18H,1,4,7-11H2,2-3,5-6H3/b17-15-. The molecule has 0 saturated carbocycles. The molecule has 0 amide bonds. The van der Waals surface area contributed by atoms with Crippen molar-refractivity contribution in [3.8, 4) is 0 Å². The molecule has 0 radical (unpaired) electrons. The molecule has 1 N–H and O–H groups in total. The van der Waals surface area contributed by atoms with Crippen LogP contribution in [0, 0.1) is 0 Å². The van der Waals surface area contributed by atoms with E-state index in [0.29, 0.717) is 0 Å². The molecule has 0 aliphatic heterocycles. The van der Waals surface area contributed by atoms with Crippen LogP contribution in [0.4, 0.5) is 0 Å². The van der Waals surface area contributed by atoms with Gasteiger partial charge in [0.1, 0.15) is 0 Å². The fourth-order valence-corrected chi connectivity index (χ4v) is 2.90. The second kappa shape index (κ2) is 6.75. The third-order valence-corrected chi connectivity index (χ3v) is 3.74. The van der Waals surface area contributed by atoms with Gasteiger partial charge in [-0.05, 0) is 75.8 Å². The molecule has 0 spiro atoms. The van der Waals surface area contributed by atoms with Gasteiger partial charge < -0.3 is 5.32 Å². The topological polar surface area (TPSA) is 12.0 Å². The minimum Gasteiger partial charge on any atom is -0.316 e. The second-order valence-corrected chi connectivity index (χ2v) is 5.38. The Bertz CT molecular complexity index is 407. The number of rotatable bonds is 5. The Morgan fingerprint density at radius 1 is 1.17 bits per heavy atom. The Morgan fingerprint density at radius 2 is 1.78 bits per heavy atom. The van der Waals surface area contributed by atoms with Gasteiger partial charge in [-0.3, -0.25) is 0 Å². The molecule has 1 nitrogen and oxygen atoms in total. The second-order valence-electron chi connectivity index (χ2n) is 5.38. The van der Waals surface area contributed by atoms with Crippen molar-refractivity contribution in [1.82, 2.24) is 5.32 Å². The smallest absolute Gasteiger partial charge is 0.0202 e. The lowest BCUT2D eigenvalue weighted by Gasteiger charge is -2.22. The third kappa shape index (κ3) is 3.46. The van der Waals surface area contributed by atoms with E-state index in [0.717, 1.165) is 17.7 Å². The van der Waals surface area contributed by atoms with Crippen LogP contribution in [-0.2, 0) is 0 Å². The number of hydrogen-bond acceptors (Lipinski definition) is 1. The van der Waals surface area contributed by atoms with Crippen molar-refractivity contribution in [3.05, 3.63) is 46.6 Å². The number of nitrogens with one attached hydrogen (secondary N) is 1. The van der Waals surface area contributed by atoms with E-state index in [1.54, 1.807) is 5.57 Å². The van der Waals surface area contributed by atoms with Gasteiger partial charge in [0.15, 0.2) is 0 Å². The Hall–Kier alpha value is -1.08. The van der Waals surface area contributed by atoms with E-state index in [1.165, 1.54) is 42.4 Å². The zero-order valence-corrected chi connectivity index (χ0v) is 12.4. The molecular weight excluding hydrogens is 218 g/mol. The molecule has 0 fully saturated rings. The van der Waals surface area contributed by atoms with Crippen LogP contribution < -0.4 is 5.32 Å². The van der Waals surface area contributed by atoms with Crippen LogP contribution in [0.15, 0.2) is 46.6 Å². The predicted octanol–water partition coefficient (Wildman–Crippen LogP) is 4.55. The summed E-state index contributed by atoms with van der Waals surface area (Å²) in [5, 5.41) is 3.18. The molecule has 0 aromatic rings. The number of likely N-dealkylation sites (N-methyl/N-ethyl adjacent to an activating group) is 1. The van der Waals surface area contributed by atoms with Crippen molar-refractivity contribution in [2.24, 2.45) is 0 Å². The molecular formula is C17H27N. The van der Waals surface area contributed by atoms with E-state index in [2.05, 4.69) is 39.2 Å². The molecule has 0 saturated heterocycles. The summed E-state index contributed by atoms with van der Waals surface area (Å²) in [5.74, 6) is 0. The molecule has 18 heavy (non-hydrogen) atoms. The Morgan fingerprint density at radius 3 is 2.28 bits per heavy atom. The van der Waals surface area contributed by atoms with E-state index < -0.39 is 0 Å². The zero-order valence-electron chi connectivity index (χ0n) is 12.4. The first-order valence-corrected chi connectivity index (χ1v) is 6.87. The van der Waals surface area contributed by atoms with E-state index in [9.17, 15) is 0 Å². The first-order chi connectivity index (χ1) is 8.49. The van der Waals surface area contributed by atoms with Crippen LogP contribution in [0.3, 0.4) is 0 Å². The summed E-state index contributed by atoms with van der Waals surface area (Å²) in [6, 6.07) is 0. The largest absolute Gasteiger partial charge is 0.316 e. The molecule has 0 aromatic carbocycles. The van der Waals surface area contributed by atoms with Crippen molar-refractivity contribution in [3.63, 3.8) is 0 Å². The van der Waals surface area contributed by atoms with Crippen molar-refractivity contribution >= 4 is 0 Å². The SMILES string of the molecule is C=C(C)/C(C(=C)CNC)=C(\C)C1=C(C)CCCC1. The van der Waals surface area contributed by atoms with Gasteiger partial charge in [-0.15, -0.1) is 0 Å². The molecule has 0 unspecified atom stereocenters. The molecule has 1 rings (SSSR count). The Labute approximate surface area is 112 Å². The van der Waals surface area contributed by atoms with Crippen LogP contribution in [0.5, 0.6) is 0 Å². The minimum atomic E-state index is 0.825. The molecule has 0 aromatic heterocycles. The Kier molecular flexibility index (Phi) is 5.61. The van der Waals surface area contributed by atoms with Gasteiger partial charge in [-0.2, -0.15) is 0 Å². The van der Waals surface area contributed by atoms with Gasteiger partial charge in [-0.25, -0.2) is 0 Å². The summed E-state index contributed by atoms with van der Waals surface area (Å²) in [7, 11) is 1.96. The Balaban J connectivity index is 3.19. The fourth-order valence-electron chi connectivity index (χ4n) is 2.90. The monoisotopic (exact) mass is 245 g/mol. The van der Waals surface area contributed by atoms with Crippen LogP contribution in [-0.4, -0.2) is 13.6 Å². The summed E-state index contributed by atoms with van der Waals surface area (Å²) in [6.45, 7) is 15.7. The van der Waals surface area contributed by atoms with Gasteiger partial charge in [0, 0.05) is 6.54 Å². The lowest BCUT2D eigenvalue weighted by Crippen LogP contribution is -2.13. The summed E-state index contributed by atoms with van der Waals surface area (Å²) in [6.07, 6.45) is 5.10. The highest BCUT2D eigenvalue weighted by Gasteiger charge is 2.15. The summed E-state index contributed by atoms with van der Waals surface area (Å²) < 4.78 is 0. The van der Waals surface area contributed by atoms with E-state index >= 15 is 0 Å². The van der Waals surface area contributed by atoms with Crippen LogP contribution in [0.25, 0.3) is 0 Å². The minimum absolute atomic E-state index is 0.825. The first kappa shape index (κ1) is 15.0. The average molecular weight is 245 g/mol. The van der Waals surface area contributed by atoms with Gasteiger partial charge in [0.05, 0.1) is 0 Å². The highest BCUT2D eigenvalue weighted by atomic mass is 14.8. The van der Waals surface area contributed by atoms with E-state index in [4.69, 9.17) is 0 Å². The van der Waals surface area contributed by atoms with Gasteiger partial charge >= 0.3 is 0 Å². The average Bonchev–Trinajstić information content (AvgIpc) is 2.29.